The fraction of sp³-hybridized carbons (Fsp3) is 0.0476. The Hall–Kier alpha value is -4.20. The van der Waals surface area contributed by atoms with Gasteiger partial charge in [-0.25, -0.2) is 4.98 Å². The number of ether oxygens (including phenoxy) is 2. The number of carbonyl (C=O) groups is 1. The van der Waals surface area contributed by atoms with E-state index >= 15 is 0 Å². The summed E-state index contributed by atoms with van der Waals surface area (Å²) in [5.41, 5.74) is 1.08. The van der Waals surface area contributed by atoms with Gasteiger partial charge in [0.1, 0.15) is 24.2 Å². The largest absolute Gasteiger partial charge is 0.493 e. The second-order valence-corrected chi connectivity index (χ2v) is 6.01. The van der Waals surface area contributed by atoms with Crippen LogP contribution in [0.1, 0.15) is 10.4 Å². The quantitative estimate of drug-likeness (QED) is 0.542. The summed E-state index contributed by atoms with van der Waals surface area (Å²) in [6, 6.07) is 17.9. The molecular formula is C21H17N5O3. The third-order valence-electron chi connectivity index (χ3n) is 4.10. The number of hydrogen-bond acceptors (Lipinski definition) is 6. The number of carbonyl (C=O) groups excluding carboxylic acids is 1. The Labute approximate surface area is 166 Å². The van der Waals surface area contributed by atoms with Crippen LogP contribution in [0.25, 0.3) is 5.82 Å². The molecule has 2 aromatic heterocycles. The van der Waals surface area contributed by atoms with E-state index in [-0.39, 0.29) is 5.91 Å². The van der Waals surface area contributed by atoms with Crippen molar-refractivity contribution in [2.45, 2.75) is 0 Å². The Kier molecular flexibility index (Phi) is 5.15. The van der Waals surface area contributed by atoms with Gasteiger partial charge in [0, 0.05) is 11.9 Å². The van der Waals surface area contributed by atoms with Crippen LogP contribution in [0.3, 0.4) is 0 Å². The Bertz CT molecular complexity index is 1090. The van der Waals surface area contributed by atoms with Gasteiger partial charge in [0.15, 0.2) is 11.5 Å². The summed E-state index contributed by atoms with van der Waals surface area (Å²) in [6.07, 6.45) is 4.58. The lowest BCUT2D eigenvalue weighted by molar-refractivity contribution is 0.102. The van der Waals surface area contributed by atoms with Crippen LogP contribution in [0.15, 0.2) is 79.5 Å². The van der Waals surface area contributed by atoms with Gasteiger partial charge in [0.2, 0.25) is 0 Å². The second kappa shape index (κ2) is 8.22. The molecule has 0 saturated heterocycles. The molecule has 29 heavy (non-hydrogen) atoms. The maximum Gasteiger partial charge on any atom is 0.257 e. The molecule has 1 N–H and O–H groups in total. The minimum absolute atomic E-state index is 0.258. The van der Waals surface area contributed by atoms with Crippen LogP contribution < -0.4 is 14.8 Å². The van der Waals surface area contributed by atoms with E-state index in [1.165, 1.54) is 18.9 Å². The zero-order chi connectivity index (χ0) is 20.1. The molecule has 4 rings (SSSR count). The molecule has 0 saturated carbocycles. The number of hydrogen-bond donors (Lipinski definition) is 1. The molecule has 144 valence electrons. The lowest BCUT2D eigenvalue weighted by Crippen LogP contribution is -2.12. The van der Waals surface area contributed by atoms with Crippen molar-refractivity contribution >= 4 is 11.6 Å². The number of nitrogens with zero attached hydrogens (tertiary/aromatic N) is 4. The van der Waals surface area contributed by atoms with E-state index in [9.17, 15) is 4.79 Å². The van der Waals surface area contributed by atoms with Gasteiger partial charge >= 0.3 is 0 Å². The van der Waals surface area contributed by atoms with Gasteiger partial charge in [-0.1, -0.05) is 12.1 Å². The smallest absolute Gasteiger partial charge is 0.257 e. The van der Waals surface area contributed by atoms with E-state index < -0.39 is 0 Å². The highest BCUT2D eigenvalue weighted by atomic mass is 16.5. The standard InChI is InChI=1S/C21H17N5O3/c1-28-18-4-2-3-5-19(18)29-17-9-7-16(8-10-17)25-21(27)15-6-11-20(22-12-15)26-13-23-24-14-26/h2-14H,1H3,(H,25,27). The van der Waals surface area contributed by atoms with Crippen molar-refractivity contribution in [2.24, 2.45) is 0 Å². The van der Waals surface area contributed by atoms with Crippen molar-refractivity contribution in [3.63, 3.8) is 0 Å². The second-order valence-electron chi connectivity index (χ2n) is 6.01. The van der Waals surface area contributed by atoms with Crippen LogP contribution in [0.2, 0.25) is 0 Å². The zero-order valence-electron chi connectivity index (χ0n) is 15.5. The van der Waals surface area contributed by atoms with Gasteiger partial charge in [-0.2, -0.15) is 0 Å². The number of para-hydroxylation sites is 2. The molecule has 8 heteroatoms. The molecule has 0 aliphatic heterocycles. The number of nitrogens with one attached hydrogen (secondary N) is 1. The van der Waals surface area contributed by atoms with Crippen LogP contribution in [-0.2, 0) is 0 Å². The molecule has 1 amide bonds. The highest BCUT2D eigenvalue weighted by Gasteiger charge is 2.09. The number of amides is 1. The summed E-state index contributed by atoms with van der Waals surface area (Å²) in [6.45, 7) is 0. The summed E-state index contributed by atoms with van der Waals surface area (Å²) < 4.78 is 12.8. The average Bonchev–Trinajstić information content (AvgIpc) is 3.30. The number of pyridine rings is 1. The van der Waals surface area contributed by atoms with Crippen LogP contribution in [0.4, 0.5) is 5.69 Å². The van der Waals surface area contributed by atoms with E-state index in [2.05, 4.69) is 20.5 Å². The zero-order valence-corrected chi connectivity index (χ0v) is 15.5. The maximum atomic E-state index is 12.4. The minimum atomic E-state index is -0.258. The summed E-state index contributed by atoms with van der Waals surface area (Å²) in [5.74, 6) is 2.27. The molecule has 0 radical (unpaired) electrons. The molecule has 4 aromatic rings. The molecule has 0 atom stereocenters. The van der Waals surface area contributed by atoms with Crippen LogP contribution in [0, 0.1) is 0 Å². The monoisotopic (exact) mass is 387 g/mol. The van der Waals surface area contributed by atoms with E-state index in [0.717, 1.165) is 0 Å². The summed E-state index contributed by atoms with van der Waals surface area (Å²) in [7, 11) is 1.59. The maximum absolute atomic E-state index is 12.4. The van der Waals surface area contributed by atoms with E-state index in [1.54, 1.807) is 48.1 Å². The molecule has 0 aliphatic rings. The normalized spacial score (nSPS) is 10.4. The van der Waals surface area contributed by atoms with E-state index in [1.807, 2.05) is 24.3 Å². The first-order chi connectivity index (χ1) is 14.2. The first-order valence-electron chi connectivity index (χ1n) is 8.76. The summed E-state index contributed by atoms with van der Waals surface area (Å²) in [4.78, 5) is 16.7. The number of benzene rings is 2. The molecule has 0 unspecified atom stereocenters. The Balaban J connectivity index is 1.41. The third-order valence-corrected chi connectivity index (χ3v) is 4.10. The van der Waals surface area contributed by atoms with Gasteiger partial charge < -0.3 is 14.8 Å². The van der Waals surface area contributed by atoms with Crippen LogP contribution in [0.5, 0.6) is 17.2 Å². The first-order valence-corrected chi connectivity index (χ1v) is 8.76. The molecule has 8 nitrogen and oxygen atoms in total. The average molecular weight is 387 g/mol. The van der Waals surface area contributed by atoms with Crippen molar-refractivity contribution in [3.8, 4) is 23.1 Å². The topological polar surface area (TPSA) is 91.2 Å². The number of aromatic nitrogens is 4. The van der Waals surface area contributed by atoms with E-state index in [4.69, 9.17) is 9.47 Å². The van der Waals surface area contributed by atoms with Gasteiger partial charge in [-0.05, 0) is 48.5 Å². The molecule has 0 fully saturated rings. The molecular weight excluding hydrogens is 370 g/mol. The van der Waals surface area contributed by atoms with Crippen molar-refractivity contribution in [1.82, 2.24) is 19.7 Å². The van der Waals surface area contributed by atoms with E-state index in [0.29, 0.717) is 34.3 Å². The predicted octanol–water partition coefficient (Wildman–Crippen LogP) is 3.72. The number of anilines is 1. The predicted molar refractivity (Wildman–Crippen MR) is 107 cm³/mol. The fourth-order valence-corrected chi connectivity index (χ4v) is 2.63. The Morgan fingerprint density at radius 2 is 1.66 bits per heavy atom. The Morgan fingerprint density at radius 3 is 2.31 bits per heavy atom. The fourth-order valence-electron chi connectivity index (χ4n) is 2.63. The summed E-state index contributed by atoms with van der Waals surface area (Å²) in [5, 5.41) is 10.3. The third kappa shape index (κ3) is 4.22. The minimum Gasteiger partial charge on any atom is -0.493 e. The lowest BCUT2D eigenvalue weighted by atomic mass is 10.2. The van der Waals surface area contributed by atoms with Crippen molar-refractivity contribution in [1.29, 1.82) is 0 Å². The van der Waals surface area contributed by atoms with Crippen LogP contribution >= 0.6 is 0 Å². The Morgan fingerprint density at radius 1 is 0.931 bits per heavy atom. The van der Waals surface area contributed by atoms with Gasteiger partial charge in [0.25, 0.3) is 5.91 Å². The van der Waals surface area contributed by atoms with Crippen molar-refractivity contribution in [2.75, 3.05) is 12.4 Å². The van der Waals surface area contributed by atoms with Crippen molar-refractivity contribution in [3.05, 3.63) is 85.1 Å². The van der Waals surface area contributed by atoms with Crippen LogP contribution in [-0.4, -0.2) is 32.8 Å². The van der Waals surface area contributed by atoms with Crippen molar-refractivity contribution < 1.29 is 14.3 Å². The molecule has 0 spiro atoms. The first kappa shape index (κ1) is 18.2. The molecule has 0 aliphatic carbocycles. The lowest BCUT2D eigenvalue weighted by Gasteiger charge is -2.11. The number of methoxy groups -OCH3 is 1. The SMILES string of the molecule is COc1ccccc1Oc1ccc(NC(=O)c2ccc(-n3cnnc3)nc2)cc1. The number of rotatable bonds is 6. The van der Waals surface area contributed by atoms with Gasteiger partial charge in [-0.15, -0.1) is 10.2 Å². The van der Waals surface area contributed by atoms with Gasteiger partial charge in [-0.3, -0.25) is 9.36 Å². The molecule has 2 aromatic carbocycles. The summed E-state index contributed by atoms with van der Waals surface area (Å²) >= 11 is 0. The van der Waals surface area contributed by atoms with Gasteiger partial charge in [0.05, 0.1) is 12.7 Å². The molecule has 0 bridgehead atoms. The molecule has 2 heterocycles. The highest BCUT2D eigenvalue weighted by molar-refractivity contribution is 6.04. The highest BCUT2D eigenvalue weighted by Crippen LogP contribution is 2.31.